The van der Waals surface area contributed by atoms with Gasteiger partial charge in [0.25, 0.3) is 10.0 Å². The lowest BCUT2D eigenvalue weighted by molar-refractivity contribution is 0.411. The van der Waals surface area contributed by atoms with Crippen molar-refractivity contribution in [3.8, 4) is 17.0 Å². The van der Waals surface area contributed by atoms with Gasteiger partial charge in [-0.3, -0.25) is 4.72 Å². The summed E-state index contributed by atoms with van der Waals surface area (Å²) in [6, 6.07) is 14.4. The zero-order valence-corrected chi connectivity index (χ0v) is 18.7. The SMILES string of the molecule is COc1cc(C)c(S(=O)(=O)Nc2ccc(-c3ccc(N4CCCC4)nn3)cc2)cc1C. The molecule has 0 unspecified atom stereocenters. The van der Waals surface area contributed by atoms with E-state index >= 15 is 0 Å². The Bertz CT molecular complexity index is 1170. The second-order valence-electron chi connectivity index (χ2n) is 7.74. The highest BCUT2D eigenvalue weighted by molar-refractivity contribution is 7.92. The number of benzene rings is 2. The van der Waals surface area contributed by atoms with Crippen molar-refractivity contribution >= 4 is 21.5 Å². The summed E-state index contributed by atoms with van der Waals surface area (Å²) in [7, 11) is -2.15. The van der Waals surface area contributed by atoms with E-state index in [1.54, 1.807) is 38.3 Å². The van der Waals surface area contributed by atoms with Crippen LogP contribution in [0.2, 0.25) is 0 Å². The summed E-state index contributed by atoms with van der Waals surface area (Å²) >= 11 is 0. The van der Waals surface area contributed by atoms with Crippen molar-refractivity contribution in [1.29, 1.82) is 0 Å². The van der Waals surface area contributed by atoms with Crippen LogP contribution >= 0.6 is 0 Å². The number of methoxy groups -OCH3 is 1. The van der Waals surface area contributed by atoms with Crippen LogP contribution in [0.15, 0.2) is 53.4 Å². The molecule has 1 aromatic heterocycles. The van der Waals surface area contributed by atoms with E-state index in [4.69, 9.17) is 4.74 Å². The molecular weight excluding hydrogens is 412 g/mol. The van der Waals surface area contributed by atoms with Gasteiger partial charge in [0.1, 0.15) is 5.75 Å². The molecule has 0 spiro atoms. The molecule has 0 amide bonds. The predicted octanol–water partition coefficient (Wildman–Crippen LogP) is 4.17. The standard InChI is InChI=1S/C23H26N4O3S/c1-16-15-22(17(2)14-21(16)30-3)31(28,29)26-19-8-6-18(7-9-19)20-10-11-23(25-24-20)27-12-4-5-13-27/h6-11,14-15,26H,4-5,12-13H2,1-3H3. The van der Waals surface area contributed by atoms with Crippen molar-refractivity contribution < 1.29 is 13.2 Å². The average molecular weight is 439 g/mol. The van der Waals surface area contributed by atoms with E-state index < -0.39 is 10.0 Å². The maximum Gasteiger partial charge on any atom is 0.262 e. The smallest absolute Gasteiger partial charge is 0.262 e. The highest BCUT2D eigenvalue weighted by Gasteiger charge is 2.19. The minimum Gasteiger partial charge on any atom is -0.496 e. The molecule has 3 aromatic rings. The Morgan fingerprint density at radius 2 is 1.65 bits per heavy atom. The number of aromatic nitrogens is 2. The summed E-state index contributed by atoms with van der Waals surface area (Å²) in [6.45, 7) is 5.62. The molecule has 2 heterocycles. The Kier molecular flexibility index (Phi) is 5.82. The quantitative estimate of drug-likeness (QED) is 0.622. The van der Waals surface area contributed by atoms with Gasteiger partial charge in [-0.05, 0) is 74.2 Å². The molecule has 162 valence electrons. The van der Waals surface area contributed by atoms with Crippen LogP contribution in [0.25, 0.3) is 11.3 Å². The topological polar surface area (TPSA) is 84.4 Å². The molecule has 7 nitrogen and oxygen atoms in total. The zero-order valence-electron chi connectivity index (χ0n) is 17.9. The molecule has 0 aliphatic carbocycles. The van der Waals surface area contributed by atoms with E-state index in [2.05, 4.69) is 19.8 Å². The number of sulfonamides is 1. The molecule has 1 aliphatic rings. The maximum atomic E-state index is 12.9. The Labute approximate surface area is 183 Å². The van der Waals surface area contributed by atoms with E-state index in [1.165, 1.54) is 12.8 Å². The van der Waals surface area contributed by atoms with E-state index in [1.807, 2.05) is 31.2 Å². The zero-order chi connectivity index (χ0) is 22.0. The molecule has 1 N–H and O–H groups in total. The lowest BCUT2D eigenvalue weighted by Gasteiger charge is -2.15. The van der Waals surface area contributed by atoms with Crippen molar-refractivity contribution in [2.75, 3.05) is 29.8 Å². The van der Waals surface area contributed by atoms with Gasteiger partial charge < -0.3 is 9.64 Å². The molecule has 1 fully saturated rings. The molecule has 31 heavy (non-hydrogen) atoms. The normalized spacial score (nSPS) is 14.0. The fourth-order valence-electron chi connectivity index (χ4n) is 3.79. The van der Waals surface area contributed by atoms with Gasteiger partial charge in [-0.1, -0.05) is 12.1 Å². The highest BCUT2D eigenvalue weighted by Crippen LogP contribution is 2.28. The molecular formula is C23H26N4O3S. The van der Waals surface area contributed by atoms with Crippen LogP contribution in [0.1, 0.15) is 24.0 Å². The summed E-state index contributed by atoms with van der Waals surface area (Å²) in [5.74, 6) is 1.56. The Morgan fingerprint density at radius 3 is 2.26 bits per heavy atom. The molecule has 8 heteroatoms. The lowest BCUT2D eigenvalue weighted by atomic mass is 10.1. The number of hydrogen-bond donors (Lipinski definition) is 1. The van der Waals surface area contributed by atoms with Crippen LogP contribution < -0.4 is 14.4 Å². The van der Waals surface area contributed by atoms with Crippen LogP contribution in [0.4, 0.5) is 11.5 Å². The number of rotatable bonds is 6. The molecule has 0 atom stereocenters. The van der Waals surface area contributed by atoms with Crippen LogP contribution in [0, 0.1) is 13.8 Å². The largest absolute Gasteiger partial charge is 0.496 e. The van der Waals surface area contributed by atoms with Gasteiger partial charge in [0.2, 0.25) is 0 Å². The monoisotopic (exact) mass is 438 g/mol. The second-order valence-corrected chi connectivity index (χ2v) is 9.39. The number of nitrogens with zero attached hydrogens (tertiary/aromatic N) is 3. The molecule has 0 saturated carbocycles. The summed E-state index contributed by atoms with van der Waals surface area (Å²) in [5, 5.41) is 8.69. The van der Waals surface area contributed by atoms with Gasteiger partial charge in [-0.2, -0.15) is 0 Å². The van der Waals surface area contributed by atoms with Crippen LogP contribution in [-0.2, 0) is 10.0 Å². The van der Waals surface area contributed by atoms with E-state index in [9.17, 15) is 8.42 Å². The van der Waals surface area contributed by atoms with Crippen LogP contribution in [0.3, 0.4) is 0 Å². The first-order valence-corrected chi connectivity index (χ1v) is 11.7. The molecule has 0 radical (unpaired) electrons. The second kappa shape index (κ2) is 8.55. The Hall–Kier alpha value is -3.13. The minimum atomic E-state index is -3.72. The Morgan fingerprint density at radius 1 is 0.935 bits per heavy atom. The van der Waals surface area contributed by atoms with E-state index in [0.717, 1.165) is 35.7 Å². The minimum absolute atomic E-state index is 0.234. The molecule has 4 rings (SSSR count). The van der Waals surface area contributed by atoms with Gasteiger partial charge in [-0.15, -0.1) is 10.2 Å². The summed E-state index contributed by atoms with van der Waals surface area (Å²) < 4.78 is 33.8. The third kappa shape index (κ3) is 4.49. The molecule has 1 aliphatic heterocycles. The van der Waals surface area contributed by atoms with Gasteiger partial charge >= 0.3 is 0 Å². The van der Waals surface area contributed by atoms with E-state index in [-0.39, 0.29) is 4.90 Å². The average Bonchev–Trinajstić information content (AvgIpc) is 3.30. The van der Waals surface area contributed by atoms with Crippen molar-refractivity contribution in [1.82, 2.24) is 10.2 Å². The lowest BCUT2D eigenvalue weighted by Crippen LogP contribution is -2.19. The number of aryl methyl sites for hydroxylation is 2. The highest BCUT2D eigenvalue weighted by atomic mass is 32.2. The van der Waals surface area contributed by atoms with E-state index in [0.29, 0.717) is 17.0 Å². The van der Waals surface area contributed by atoms with Crippen LogP contribution in [-0.4, -0.2) is 38.8 Å². The van der Waals surface area contributed by atoms with Gasteiger partial charge in [0, 0.05) is 24.3 Å². The summed E-state index contributed by atoms with van der Waals surface area (Å²) in [4.78, 5) is 2.47. The van der Waals surface area contributed by atoms with Crippen LogP contribution in [0.5, 0.6) is 5.75 Å². The molecule has 1 saturated heterocycles. The summed E-state index contributed by atoms with van der Waals surface area (Å²) in [5.41, 5.74) is 3.50. The number of hydrogen-bond acceptors (Lipinski definition) is 6. The first kappa shape index (κ1) is 21.1. The van der Waals surface area contributed by atoms with Gasteiger partial charge in [-0.25, -0.2) is 8.42 Å². The van der Waals surface area contributed by atoms with Crippen molar-refractivity contribution in [2.45, 2.75) is 31.6 Å². The Balaban J connectivity index is 1.51. The maximum absolute atomic E-state index is 12.9. The third-order valence-electron chi connectivity index (χ3n) is 5.50. The fraction of sp³-hybridized carbons (Fsp3) is 0.304. The molecule has 2 aromatic carbocycles. The summed E-state index contributed by atoms with van der Waals surface area (Å²) in [6.07, 6.45) is 2.38. The fourth-order valence-corrected chi connectivity index (χ4v) is 5.16. The van der Waals surface area contributed by atoms with Crippen molar-refractivity contribution in [2.24, 2.45) is 0 Å². The number of anilines is 2. The first-order valence-electron chi connectivity index (χ1n) is 10.2. The number of nitrogens with one attached hydrogen (secondary N) is 1. The third-order valence-corrected chi connectivity index (χ3v) is 7.02. The first-order chi connectivity index (χ1) is 14.9. The predicted molar refractivity (Wildman–Crippen MR) is 122 cm³/mol. The molecule has 0 bridgehead atoms. The van der Waals surface area contributed by atoms with Gasteiger partial charge in [0.05, 0.1) is 17.7 Å². The van der Waals surface area contributed by atoms with Crippen molar-refractivity contribution in [3.05, 3.63) is 59.7 Å². The van der Waals surface area contributed by atoms with Gasteiger partial charge in [0.15, 0.2) is 5.82 Å². The van der Waals surface area contributed by atoms with Crippen molar-refractivity contribution in [3.63, 3.8) is 0 Å². The number of ether oxygens (including phenoxy) is 1.